The first-order valence-electron chi connectivity index (χ1n) is 15.7. The number of nitrogens with zero attached hydrogens (tertiary/aromatic N) is 5. The maximum Gasteiger partial charge on any atom is 0.322 e. The van der Waals surface area contributed by atoms with E-state index in [0.29, 0.717) is 18.2 Å². The van der Waals surface area contributed by atoms with Gasteiger partial charge in [-0.2, -0.15) is 5.10 Å². The molecular formula is C22H24F2N6O2. The molecule has 2 aliphatic heterocycles. The van der Waals surface area contributed by atoms with E-state index in [1.54, 1.807) is 0 Å². The summed E-state index contributed by atoms with van der Waals surface area (Å²) in [4.78, 5) is 17.5. The van der Waals surface area contributed by atoms with Gasteiger partial charge in [-0.1, -0.05) is 0 Å². The molecule has 0 saturated carbocycles. The fourth-order valence-electron chi connectivity index (χ4n) is 3.13. The fraction of sp³-hybridized carbons (Fsp3) is 0.409. The van der Waals surface area contributed by atoms with Crippen molar-refractivity contribution in [1.29, 1.82) is 0 Å². The van der Waals surface area contributed by atoms with Crippen molar-refractivity contribution in [3.8, 4) is 0 Å². The molecule has 5 rings (SSSR count). The average Bonchev–Trinajstić information content (AvgIpc) is 3.35. The van der Waals surface area contributed by atoms with Crippen LogP contribution in [0.3, 0.4) is 0 Å². The number of benzene rings is 1. The second-order valence-corrected chi connectivity index (χ2v) is 6.72. The second-order valence-electron chi connectivity index (χ2n) is 6.72. The third-order valence-corrected chi connectivity index (χ3v) is 4.75. The third-order valence-electron chi connectivity index (χ3n) is 4.75. The normalized spacial score (nSPS) is 44.1. The summed E-state index contributed by atoms with van der Waals surface area (Å²) in [5, 5.41) is 16.5. The van der Waals surface area contributed by atoms with Gasteiger partial charge in [0.15, 0.2) is 5.65 Å². The number of carbonyl (C=O) groups is 1. The number of likely N-dealkylation sites (tertiary alicyclic amines) is 1. The van der Waals surface area contributed by atoms with Gasteiger partial charge in [-0.3, -0.25) is 0 Å². The van der Waals surface area contributed by atoms with Crippen LogP contribution >= 0.6 is 0 Å². The number of hydrogen-bond acceptors (Lipinski definition) is 5. The van der Waals surface area contributed by atoms with Gasteiger partial charge < -0.3 is 20.2 Å². The lowest BCUT2D eigenvalue weighted by molar-refractivity contribution is 0.135. The van der Waals surface area contributed by atoms with Crippen molar-refractivity contribution < 1.29 is 36.5 Å². The summed E-state index contributed by atoms with van der Waals surface area (Å²) >= 11 is 0. The Hall–Kier alpha value is -3.27. The molecule has 168 valence electrons. The topological polar surface area (TPSA) is 86.0 Å². The molecule has 32 heavy (non-hydrogen) atoms. The standard InChI is InChI=1S/C22H24F2N6O2/c1-13-19(31)6-9-28(13)22(32)26-17-12-25-30-10-7-20(27-21(17)30)29-8-2-3-18(29)15-11-14(23)4-5-16(15)24/h4-5,7,10-13,18-19,31H,2-3,6,8-9H2,1H3,(H,26,32)/t13?,18-,19+/m1/s1/i2D2,3D2,6D2,8D2,9D2,13D,18D,19D. The van der Waals surface area contributed by atoms with E-state index < -0.39 is 90.6 Å². The molecule has 4 heterocycles. The van der Waals surface area contributed by atoms with Crippen LogP contribution in [-0.4, -0.2) is 55.7 Å². The molecule has 0 aliphatic carbocycles. The number of rotatable bonds is 3. The molecule has 3 aromatic rings. The molecule has 2 aromatic heterocycles. The third kappa shape index (κ3) is 3.54. The van der Waals surface area contributed by atoms with Crippen molar-refractivity contribution in [2.45, 2.75) is 44.2 Å². The zero-order valence-corrected chi connectivity index (χ0v) is 16.3. The molecule has 1 aromatic carbocycles. The molecule has 0 radical (unpaired) electrons. The maximum atomic E-state index is 15.1. The van der Waals surface area contributed by atoms with E-state index >= 15 is 4.39 Å². The van der Waals surface area contributed by atoms with E-state index in [0.717, 1.165) is 29.9 Å². The lowest BCUT2D eigenvalue weighted by atomic mass is 10.0. The summed E-state index contributed by atoms with van der Waals surface area (Å²) < 4.78 is 138. The van der Waals surface area contributed by atoms with Crippen LogP contribution in [0, 0.1) is 11.6 Å². The van der Waals surface area contributed by atoms with Gasteiger partial charge in [-0.15, -0.1) is 0 Å². The minimum atomic E-state index is -3.56. The van der Waals surface area contributed by atoms with E-state index in [1.807, 2.05) is 0 Å². The Morgan fingerprint density at radius 1 is 1.31 bits per heavy atom. The van der Waals surface area contributed by atoms with Gasteiger partial charge in [0.2, 0.25) is 0 Å². The van der Waals surface area contributed by atoms with Crippen molar-refractivity contribution in [1.82, 2.24) is 19.5 Å². The van der Waals surface area contributed by atoms with Crippen LogP contribution in [0.4, 0.5) is 25.1 Å². The second kappa shape index (κ2) is 8.01. The Balaban J connectivity index is 1.65. The molecule has 3 atom stereocenters. The van der Waals surface area contributed by atoms with Gasteiger partial charge in [0.05, 0.1) is 28.4 Å². The zero-order valence-electron chi connectivity index (χ0n) is 29.3. The summed E-state index contributed by atoms with van der Waals surface area (Å²) in [6.45, 7) is -6.12. The van der Waals surface area contributed by atoms with Crippen molar-refractivity contribution >= 4 is 23.2 Å². The summed E-state index contributed by atoms with van der Waals surface area (Å²) in [6.07, 6.45) is -12.0. The van der Waals surface area contributed by atoms with Gasteiger partial charge in [-0.05, 0) is 50.3 Å². The number of carbonyl (C=O) groups excluding carboxylic acids is 1. The number of aromatic nitrogens is 3. The molecule has 2 amide bonds. The highest BCUT2D eigenvalue weighted by Crippen LogP contribution is 2.37. The van der Waals surface area contributed by atoms with E-state index in [9.17, 15) is 14.3 Å². The first kappa shape index (κ1) is 10.6. The SMILES string of the molecule is [2H]C1([2H])N(c2ccn3ncc(NC(=O)N4C([2H])([2H])C([2H])([2H])[C@]([2H])(O)C4([2H])C)c3n2)[C@@]([2H])(c2cc(F)ccc2F)C([2H])([2H])C1([2H])[2H]. The Morgan fingerprint density at radius 2 is 2.16 bits per heavy atom. The van der Waals surface area contributed by atoms with Crippen LogP contribution in [0.2, 0.25) is 0 Å². The van der Waals surface area contributed by atoms with E-state index in [-0.39, 0.29) is 9.80 Å². The molecule has 8 nitrogen and oxygen atoms in total. The number of nitrogens with one attached hydrogen (secondary N) is 1. The lowest BCUT2D eigenvalue weighted by Gasteiger charge is -2.26. The molecule has 1 unspecified atom stereocenters. The minimum Gasteiger partial charge on any atom is -0.391 e. The predicted molar refractivity (Wildman–Crippen MR) is 114 cm³/mol. The summed E-state index contributed by atoms with van der Waals surface area (Å²) in [5.41, 5.74) is -1.88. The summed E-state index contributed by atoms with van der Waals surface area (Å²) in [6, 6.07) is -5.12. The van der Waals surface area contributed by atoms with Gasteiger partial charge in [0, 0.05) is 38.5 Å². The number of fused-ring (bicyclic) bond motifs is 1. The van der Waals surface area contributed by atoms with Crippen molar-refractivity contribution in [2.24, 2.45) is 0 Å². The molecule has 0 bridgehead atoms. The molecule has 10 heteroatoms. The molecule has 2 saturated heterocycles. The number of hydrogen-bond donors (Lipinski definition) is 2. The Labute approximate surface area is 201 Å². The van der Waals surface area contributed by atoms with Crippen LogP contribution < -0.4 is 10.2 Å². The highest BCUT2D eigenvalue weighted by molar-refractivity contribution is 5.93. The van der Waals surface area contributed by atoms with E-state index in [1.165, 1.54) is 0 Å². The zero-order chi connectivity index (χ0) is 34.1. The predicted octanol–water partition coefficient (Wildman–Crippen LogP) is 3.34. The van der Waals surface area contributed by atoms with Crippen LogP contribution in [0.25, 0.3) is 5.65 Å². The largest absolute Gasteiger partial charge is 0.391 e. The monoisotopic (exact) mass is 455 g/mol. The van der Waals surface area contributed by atoms with Crippen LogP contribution in [0.5, 0.6) is 0 Å². The number of halogens is 2. The number of amides is 2. The molecule has 2 aliphatic rings. The van der Waals surface area contributed by atoms with E-state index in [2.05, 4.69) is 15.4 Å². The van der Waals surface area contributed by atoms with Gasteiger partial charge >= 0.3 is 6.03 Å². The molecule has 0 spiro atoms. The summed E-state index contributed by atoms with van der Waals surface area (Å²) in [7, 11) is 0. The number of aliphatic hydroxyl groups is 1. The Morgan fingerprint density at radius 3 is 2.94 bits per heavy atom. The molecule has 2 fully saturated rings. The smallest absolute Gasteiger partial charge is 0.322 e. The molecular weight excluding hydrogens is 418 g/mol. The van der Waals surface area contributed by atoms with Crippen molar-refractivity contribution in [2.75, 3.05) is 23.2 Å². The highest BCUT2D eigenvalue weighted by atomic mass is 19.1. The lowest BCUT2D eigenvalue weighted by Crippen LogP contribution is -2.40. The average molecular weight is 456 g/mol. The Bertz CT molecular complexity index is 1710. The first-order chi connectivity index (χ1) is 20.2. The Kier molecular flexibility index (Phi) is 2.64. The minimum absolute atomic E-state index is 0.0376. The quantitative estimate of drug-likeness (QED) is 0.633. The van der Waals surface area contributed by atoms with Gasteiger partial charge in [-0.25, -0.2) is 23.1 Å². The van der Waals surface area contributed by atoms with Gasteiger partial charge in [0.1, 0.15) is 23.1 Å². The van der Waals surface area contributed by atoms with E-state index in [4.69, 9.17) is 17.8 Å². The first-order valence-corrected chi connectivity index (χ1v) is 9.18. The van der Waals surface area contributed by atoms with Crippen molar-refractivity contribution in [3.05, 3.63) is 53.9 Å². The number of anilines is 2. The molecule has 2 N–H and O–H groups in total. The maximum absolute atomic E-state index is 15.1. The summed E-state index contributed by atoms with van der Waals surface area (Å²) in [5.74, 6) is -3.18. The van der Waals surface area contributed by atoms with Gasteiger partial charge in [0.25, 0.3) is 0 Å². The number of urea groups is 1. The van der Waals surface area contributed by atoms with Crippen LogP contribution in [-0.2, 0) is 0 Å². The van der Waals surface area contributed by atoms with Crippen LogP contribution in [0.1, 0.15) is 55.4 Å². The fourth-order valence-corrected chi connectivity index (χ4v) is 3.13. The van der Waals surface area contributed by atoms with Crippen LogP contribution in [0.15, 0.2) is 36.7 Å². The highest BCUT2D eigenvalue weighted by Gasteiger charge is 2.33. The van der Waals surface area contributed by atoms with Crippen molar-refractivity contribution in [3.63, 3.8) is 0 Å².